The van der Waals surface area contributed by atoms with Crippen molar-refractivity contribution in [3.8, 4) is 0 Å². The Morgan fingerprint density at radius 1 is 1.00 bits per heavy atom. The summed E-state index contributed by atoms with van der Waals surface area (Å²) in [5.74, 6) is -4.37. The third kappa shape index (κ3) is 9.24. The van der Waals surface area contributed by atoms with Crippen molar-refractivity contribution in [1.82, 2.24) is 6.15 Å². The molecular weight excluding hydrogens is 193 g/mol. The first kappa shape index (κ1) is 15.7. The summed E-state index contributed by atoms with van der Waals surface area (Å²) in [6.45, 7) is 0. The predicted molar refractivity (Wildman–Crippen MR) is 15.0 cm³/mol. The second kappa shape index (κ2) is 6.78. The van der Waals surface area contributed by atoms with Gasteiger partial charge in [0.1, 0.15) is 0 Å². The predicted octanol–water partition coefficient (Wildman–Crippen LogP) is -3.35. The van der Waals surface area contributed by atoms with E-state index in [9.17, 15) is 0 Å². The number of hydrogen-bond donors (Lipinski definition) is 1. The SMILES string of the molecule is N.O=C([O-])C(=O)[O-].[Zr+4]. The normalized spacial score (nSPS) is 5.50. The van der Waals surface area contributed by atoms with E-state index < -0.39 is 11.9 Å². The van der Waals surface area contributed by atoms with E-state index in [1.165, 1.54) is 0 Å². The Hall–Kier alpha value is -0.217. The number of carboxylic acids is 2. The maximum Gasteiger partial charge on any atom is 4.00 e. The number of hydrogen-bond acceptors (Lipinski definition) is 5. The fourth-order valence-electron chi connectivity index (χ4n) is 0. The minimum Gasteiger partial charge on any atom is -0.543 e. The Kier molecular flexibility index (Phi) is 13.3. The fraction of sp³-hybridized carbons (Fsp3) is 0. The molecule has 0 heterocycles. The van der Waals surface area contributed by atoms with Crippen LogP contribution in [0.25, 0.3) is 0 Å². The van der Waals surface area contributed by atoms with Crippen LogP contribution in [0.4, 0.5) is 0 Å². The second-order valence-electron chi connectivity index (χ2n) is 0.575. The first-order chi connectivity index (χ1) is 2.64. The number of carboxylic acid groups (broad SMARTS) is 2. The zero-order chi connectivity index (χ0) is 5.15. The van der Waals surface area contributed by atoms with Gasteiger partial charge in [0.15, 0.2) is 0 Å². The van der Waals surface area contributed by atoms with Crippen molar-refractivity contribution in [3.63, 3.8) is 0 Å². The van der Waals surface area contributed by atoms with Gasteiger partial charge in [0, 0.05) is 0 Å². The molecule has 0 unspecified atom stereocenters. The minimum absolute atomic E-state index is 0. The van der Waals surface area contributed by atoms with Gasteiger partial charge in [0.25, 0.3) is 0 Å². The first-order valence-electron chi connectivity index (χ1n) is 1.07. The monoisotopic (exact) mass is 195 g/mol. The molecule has 0 aromatic carbocycles. The van der Waals surface area contributed by atoms with E-state index in [0.29, 0.717) is 0 Å². The quantitative estimate of drug-likeness (QED) is 0.406. The van der Waals surface area contributed by atoms with E-state index in [2.05, 4.69) is 0 Å². The van der Waals surface area contributed by atoms with Crippen LogP contribution in [0.1, 0.15) is 0 Å². The smallest absolute Gasteiger partial charge is 0.543 e. The molecule has 0 spiro atoms. The molecule has 6 heteroatoms. The molecule has 0 aliphatic carbocycles. The molecule has 0 aliphatic heterocycles. The van der Waals surface area contributed by atoms with Crippen LogP contribution in [0.3, 0.4) is 0 Å². The van der Waals surface area contributed by atoms with Gasteiger partial charge < -0.3 is 26.0 Å². The summed E-state index contributed by atoms with van der Waals surface area (Å²) >= 11 is 0. The van der Waals surface area contributed by atoms with Gasteiger partial charge in [0.2, 0.25) is 0 Å². The summed E-state index contributed by atoms with van der Waals surface area (Å²) in [5, 5.41) is 17.9. The van der Waals surface area contributed by atoms with Gasteiger partial charge in [-0.25, -0.2) is 0 Å². The molecule has 0 saturated carbocycles. The average Bonchev–Trinajstić information content (AvgIpc) is 1.36. The van der Waals surface area contributed by atoms with Gasteiger partial charge in [-0.15, -0.1) is 0 Å². The van der Waals surface area contributed by atoms with Crippen LogP contribution in [0.2, 0.25) is 0 Å². The molecule has 3 N–H and O–H groups in total. The number of carbonyl (C=O) groups is 2. The average molecular weight is 196 g/mol. The molecule has 0 rings (SSSR count). The fourth-order valence-corrected chi connectivity index (χ4v) is 0. The van der Waals surface area contributed by atoms with Crippen LogP contribution in [-0.2, 0) is 35.8 Å². The minimum atomic E-state index is -2.19. The largest absolute Gasteiger partial charge is 4.00 e. The van der Waals surface area contributed by atoms with Crippen LogP contribution in [-0.4, -0.2) is 11.9 Å². The second-order valence-corrected chi connectivity index (χ2v) is 0.575. The van der Waals surface area contributed by atoms with Crippen molar-refractivity contribution in [2.24, 2.45) is 0 Å². The summed E-state index contributed by atoms with van der Waals surface area (Å²) in [4.78, 5) is 17.9. The van der Waals surface area contributed by atoms with Crippen molar-refractivity contribution < 1.29 is 46.0 Å². The van der Waals surface area contributed by atoms with E-state index in [1.54, 1.807) is 0 Å². The Labute approximate surface area is 64.4 Å². The molecule has 0 bridgehead atoms. The molecular formula is C2H3NO4Zr+2. The van der Waals surface area contributed by atoms with Crippen LogP contribution in [0.5, 0.6) is 0 Å². The van der Waals surface area contributed by atoms with E-state index >= 15 is 0 Å². The molecule has 42 valence electrons. The zero-order valence-corrected chi connectivity index (χ0v) is 6.30. The number of aliphatic carboxylic acids is 2. The van der Waals surface area contributed by atoms with E-state index in [4.69, 9.17) is 19.8 Å². The summed E-state index contributed by atoms with van der Waals surface area (Å²) in [6.07, 6.45) is 0. The summed E-state index contributed by atoms with van der Waals surface area (Å²) in [5.41, 5.74) is 0. The van der Waals surface area contributed by atoms with Crippen LogP contribution in [0.15, 0.2) is 0 Å². The van der Waals surface area contributed by atoms with Crippen molar-refractivity contribution in [2.45, 2.75) is 0 Å². The Morgan fingerprint density at radius 3 is 1.12 bits per heavy atom. The number of rotatable bonds is 0. The van der Waals surface area contributed by atoms with Crippen molar-refractivity contribution in [2.75, 3.05) is 0 Å². The molecule has 0 radical (unpaired) electrons. The zero-order valence-electron chi connectivity index (χ0n) is 3.84. The molecule has 0 fully saturated rings. The molecule has 5 nitrogen and oxygen atoms in total. The van der Waals surface area contributed by atoms with Gasteiger partial charge in [-0.05, 0) is 0 Å². The Bertz CT molecular complexity index is 80.0. The van der Waals surface area contributed by atoms with Crippen molar-refractivity contribution in [1.29, 1.82) is 0 Å². The molecule has 0 amide bonds. The molecule has 0 aromatic rings. The first-order valence-corrected chi connectivity index (χ1v) is 1.07. The third-order valence-electron chi connectivity index (χ3n) is 0.167. The maximum absolute atomic E-state index is 8.93. The topological polar surface area (TPSA) is 115 Å². The number of carbonyl (C=O) groups excluding carboxylic acids is 2. The Balaban J connectivity index is -0.000000125. The third-order valence-corrected chi connectivity index (χ3v) is 0.167. The van der Waals surface area contributed by atoms with Gasteiger partial charge in [-0.2, -0.15) is 0 Å². The van der Waals surface area contributed by atoms with E-state index in [-0.39, 0.29) is 32.4 Å². The standard InChI is InChI=1S/C2H2O4.H3N.Zr/c3-1(4)2(5)6;;/h(H,3,4)(H,5,6);1H3;/q;;+4/p-2. The molecule has 0 saturated heterocycles. The van der Waals surface area contributed by atoms with Crippen molar-refractivity contribution in [3.05, 3.63) is 0 Å². The van der Waals surface area contributed by atoms with Crippen LogP contribution < -0.4 is 16.4 Å². The van der Waals surface area contributed by atoms with Gasteiger partial charge in [0.05, 0.1) is 11.9 Å². The van der Waals surface area contributed by atoms with Crippen molar-refractivity contribution >= 4 is 11.9 Å². The summed E-state index contributed by atoms with van der Waals surface area (Å²) in [6, 6.07) is 0. The van der Waals surface area contributed by atoms with Gasteiger partial charge >= 0.3 is 26.2 Å². The summed E-state index contributed by atoms with van der Waals surface area (Å²) < 4.78 is 0. The van der Waals surface area contributed by atoms with E-state index in [0.717, 1.165) is 0 Å². The summed E-state index contributed by atoms with van der Waals surface area (Å²) in [7, 11) is 0. The molecule has 0 atom stereocenters. The van der Waals surface area contributed by atoms with Gasteiger partial charge in [-0.3, -0.25) is 0 Å². The maximum atomic E-state index is 8.93. The molecule has 0 aromatic heterocycles. The molecule has 0 aliphatic rings. The molecule has 8 heavy (non-hydrogen) atoms. The van der Waals surface area contributed by atoms with Crippen LogP contribution in [0, 0.1) is 0 Å². The Morgan fingerprint density at radius 2 is 1.12 bits per heavy atom. The van der Waals surface area contributed by atoms with E-state index in [1.807, 2.05) is 0 Å². The van der Waals surface area contributed by atoms with Crippen LogP contribution >= 0.6 is 0 Å². The van der Waals surface area contributed by atoms with Gasteiger partial charge in [-0.1, -0.05) is 0 Å².